The SMILES string of the molecule is CCOc1ccc2nc(N3C(=O)C(O)=C(C(=O)c4ccco4)[C@H]3c3ccc(OC)c(OC)c3)sc2c1. The van der Waals surface area contributed by atoms with Gasteiger partial charge in [0.15, 0.2) is 28.1 Å². The minimum Gasteiger partial charge on any atom is -0.503 e. The number of thiazole rings is 1. The summed E-state index contributed by atoms with van der Waals surface area (Å²) in [6.45, 7) is 2.41. The minimum atomic E-state index is -0.984. The van der Waals surface area contributed by atoms with Gasteiger partial charge in [0, 0.05) is 0 Å². The number of aliphatic hydroxyl groups excluding tert-OH is 1. The lowest BCUT2D eigenvalue weighted by Crippen LogP contribution is -2.31. The Morgan fingerprint density at radius 3 is 2.64 bits per heavy atom. The number of Topliss-reactive ketones (excluding diaryl/α,β-unsaturated/α-hetero) is 1. The molecule has 184 valence electrons. The number of fused-ring (bicyclic) bond motifs is 1. The van der Waals surface area contributed by atoms with Gasteiger partial charge in [-0.15, -0.1) is 0 Å². The first-order valence-electron chi connectivity index (χ1n) is 11.1. The van der Waals surface area contributed by atoms with Gasteiger partial charge in [-0.1, -0.05) is 17.4 Å². The van der Waals surface area contributed by atoms with Crippen molar-refractivity contribution in [3.63, 3.8) is 0 Å². The summed E-state index contributed by atoms with van der Waals surface area (Å²) in [6.07, 6.45) is 1.36. The molecule has 1 N–H and O–H groups in total. The van der Waals surface area contributed by atoms with Crippen molar-refractivity contribution in [2.45, 2.75) is 13.0 Å². The Kier molecular flexibility index (Phi) is 6.11. The molecule has 0 aliphatic carbocycles. The lowest BCUT2D eigenvalue weighted by molar-refractivity contribution is -0.117. The molecule has 1 amide bonds. The lowest BCUT2D eigenvalue weighted by atomic mass is 9.95. The number of carbonyl (C=O) groups excluding carboxylic acids is 2. The van der Waals surface area contributed by atoms with Gasteiger partial charge in [0.1, 0.15) is 5.75 Å². The van der Waals surface area contributed by atoms with Gasteiger partial charge in [-0.25, -0.2) is 4.98 Å². The third kappa shape index (κ3) is 3.85. The van der Waals surface area contributed by atoms with Crippen molar-refractivity contribution in [2.24, 2.45) is 0 Å². The summed E-state index contributed by atoms with van der Waals surface area (Å²) in [4.78, 5) is 32.8. The standard InChI is InChI=1S/C26H22N2O7S/c1-4-34-15-8-9-16-20(13-15)36-26(27-16)28-22(14-7-10-17(32-2)19(12-14)33-3)21(24(30)25(28)31)23(29)18-6-5-11-35-18/h5-13,22,30H,4H2,1-3H3/t22-/m1/s1. The predicted molar refractivity (Wildman–Crippen MR) is 133 cm³/mol. The first-order chi connectivity index (χ1) is 17.5. The number of nitrogens with zero attached hydrogens (tertiary/aromatic N) is 2. The monoisotopic (exact) mass is 506 g/mol. The van der Waals surface area contributed by atoms with E-state index in [2.05, 4.69) is 4.98 Å². The van der Waals surface area contributed by atoms with Gasteiger partial charge >= 0.3 is 0 Å². The van der Waals surface area contributed by atoms with Gasteiger partial charge in [0.05, 0.1) is 48.9 Å². The number of aliphatic hydroxyl groups is 1. The average molecular weight is 507 g/mol. The van der Waals surface area contributed by atoms with Crippen LogP contribution in [0.1, 0.15) is 29.1 Å². The molecule has 1 aliphatic rings. The quantitative estimate of drug-likeness (QED) is 0.329. The summed E-state index contributed by atoms with van der Waals surface area (Å²) in [6, 6.07) is 12.6. The number of anilines is 1. The molecule has 0 spiro atoms. The number of amides is 1. The maximum absolute atomic E-state index is 13.4. The van der Waals surface area contributed by atoms with Gasteiger partial charge in [0.2, 0.25) is 5.78 Å². The lowest BCUT2D eigenvalue weighted by Gasteiger charge is -2.25. The van der Waals surface area contributed by atoms with Crippen LogP contribution in [0, 0.1) is 0 Å². The van der Waals surface area contributed by atoms with Crippen LogP contribution in [0.4, 0.5) is 5.13 Å². The number of ketones is 1. The highest BCUT2D eigenvalue weighted by atomic mass is 32.1. The van der Waals surface area contributed by atoms with E-state index in [4.69, 9.17) is 18.6 Å². The second kappa shape index (κ2) is 9.38. The molecule has 2 aromatic carbocycles. The third-order valence-electron chi connectivity index (χ3n) is 5.79. The van der Waals surface area contributed by atoms with Crippen LogP contribution in [0.15, 0.2) is 70.5 Å². The van der Waals surface area contributed by atoms with Gasteiger partial charge in [-0.2, -0.15) is 0 Å². The summed E-state index contributed by atoms with van der Waals surface area (Å²) >= 11 is 1.25. The number of carbonyl (C=O) groups is 2. The fourth-order valence-electron chi connectivity index (χ4n) is 4.17. The van der Waals surface area contributed by atoms with Crippen molar-refractivity contribution in [2.75, 3.05) is 25.7 Å². The van der Waals surface area contributed by atoms with E-state index in [0.717, 1.165) is 4.70 Å². The number of methoxy groups -OCH3 is 2. The van der Waals surface area contributed by atoms with Crippen molar-refractivity contribution in [1.82, 2.24) is 4.98 Å². The first-order valence-corrected chi connectivity index (χ1v) is 11.9. The molecule has 0 unspecified atom stereocenters. The van der Waals surface area contributed by atoms with Crippen LogP contribution < -0.4 is 19.1 Å². The molecular weight excluding hydrogens is 484 g/mol. The van der Waals surface area contributed by atoms with Crippen LogP contribution in [0.5, 0.6) is 17.2 Å². The maximum atomic E-state index is 13.4. The molecule has 0 radical (unpaired) electrons. The summed E-state index contributed by atoms with van der Waals surface area (Å²) in [5, 5.41) is 11.3. The maximum Gasteiger partial charge on any atom is 0.296 e. The molecule has 0 bridgehead atoms. The topological polar surface area (TPSA) is 111 Å². The molecule has 2 aromatic heterocycles. The number of furan rings is 1. The highest BCUT2D eigenvalue weighted by molar-refractivity contribution is 7.22. The predicted octanol–water partition coefficient (Wildman–Crippen LogP) is 5.09. The number of hydrogen-bond acceptors (Lipinski definition) is 9. The van der Waals surface area contributed by atoms with Gasteiger partial charge in [0.25, 0.3) is 5.91 Å². The summed E-state index contributed by atoms with van der Waals surface area (Å²) in [5.74, 6) is -0.439. The van der Waals surface area contributed by atoms with Crippen molar-refractivity contribution >= 4 is 38.4 Å². The summed E-state index contributed by atoms with van der Waals surface area (Å²) in [5.41, 5.74) is 1.06. The van der Waals surface area contributed by atoms with Crippen molar-refractivity contribution in [3.8, 4) is 17.2 Å². The van der Waals surface area contributed by atoms with Crippen LogP contribution in [0.2, 0.25) is 0 Å². The number of aromatic nitrogens is 1. The number of rotatable bonds is 8. The zero-order chi connectivity index (χ0) is 25.4. The average Bonchev–Trinajstić information content (AvgIpc) is 3.62. The fourth-order valence-corrected chi connectivity index (χ4v) is 5.19. The third-order valence-corrected chi connectivity index (χ3v) is 6.80. The zero-order valence-corrected chi connectivity index (χ0v) is 20.5. The van der Waals surface area contributed by atoms with E-state index < -0.39 is 23.5 Å². The van der Waals surface area contributed by atoms with E-state index in [1.54, 1.807) is 36.4 Å². The molecule has 0 saturated carbocycles. The highest BCUT2D eigenvalue weighted by Gasteiger charge is 2.46. The number of ether oxygens (including phenoxy) is 3. The summed E-state index contributed by atoms with van der Waals surface area (Å²) in [7, 11) is 3.00. The van der Waals surface area contributed by atoms with Crippen LogP contribution in [0.25, 0.3) is 10.2 Å². The Morgan fingerprint density at radius 2 is 1.94 bits per heavy atom. The number of hydrogen-bond donors (Lipinski definition) is 1. The molecule has 36 heavy (non-hydrogen) atoms. The van der Waals surface area contributed by atoms with E-state index in [9.17, 15) is 14.7 Å². The van der Waals surface area contributed by atoms with E-state index in [1.165, 1.54) is 42.8 Å². The normalized spacial score (nSPS) is 15.6. The van der Waals surface area contributed by atoms with E-state index in [1.807, 2.05) is 13.0 Å². The molecule has 9 nitrogen and oxygen atoms in total. The molecule has 5 rings (SSSR count). The highest BCUT2D eigenvalue weighted by Crippen LogP contribution is 2.46. The Balaban J connectivity index is 1.67. The molecule has 10 heteroatoms. The Bertz CT molecular complexity index is 1490. The van der Waals surface area contributed by atoms with Crippen LogP contribution in [-0.4, -0.2) is 42.6 Å². The van der Waals surface area contributed by atoms with Crippen LogP contribution in [0.3, 0.4) is 0 Å². The van der Waals surface area contributed by atoms with Crippen LogP contribution in [-0.2, 0) is 4.79 Å². The molecule has 0 fully saturated rings. The fraction of sp³-hybridized carbons (Fsp3) is 0.192. The molecule has 4 aromatic rings. The van der Waals surface area contributed by atoms with Crippen LogP contribution >= 0.6 is 11.3 Å². The van der Waals surface area contributed by atoms with Crippen molar-refractivity contribution in [3.05, 3.63) is 77.5 Å². The Morgan fingerprint density at radius 1 is 1.14 bits per heavy atom. The Hall–Kier alpha value is -4.31. The minimum absolute atomic E-state index is 0.00216. The summed E-state index contributed by atoms with van der Waals surface area (Å²) < 4.78 is 22.4. The van der Waals surface area contributed by atoms with E-state index in [0.29, 0.717) is 40.1 Å². The molecule has 0 saturated heterocycles. The van der Waals surface area contributed by atoms with Gasteiger partial charge < -0.3 is 23.7 Å². The van der Waals surface area contributed by atoms with Gasteiger partial charge in [-0.3, -0.25) is 14.5 Å². The second-order valence-electron chi connectivity index (χ2n) is 7.82. The van der Waals surface area contributed by atoms with E-state index in [-0.39, 0.29) is 11.3 Å². The zero-order valence-electron chi connectivity index (χ0n) is 19.7. The van der Waals surface area contributed by atoms with Crippen molar-refractivity contribution in [1.29, 1.82) is 0 Å². The smallest absolute Gasteiger partial charge is 0.296 e. The number of benzene rings is 2. The first kappa shape index (κ1) is 23.4. The Labute approximate surface area is 210 Å². The van der Waals surface area contributed by atoms with E-state index >= 15 is 0 Å². The molecule has 3 heterocycles. The molecule has 1 atom stereocenters. The largest absolute Gasteiger partial charge is 0.503 e. The molecule has 1 aliphatic heterocycles. The molecular formula is C26H22N2O7S. The second-order valence-corrected chi connectivity index (χ2v) is 8.83. The van der Waals surface area contributed by atoms with Gasteiger partial charge in [-0.05, 0) is 55.0 Å². The van der Waals surface area contributed by atoms with Crippen molar-refractivity contribution < 1.29 is 33.3 Å².